The van der Waals surface area contributed by atoms with Gasteiger partial charge in [-0.2, -0.15) is 10.5 Å². The first-order chi connectivity index (χ1) is 20.7. The van der Waals surface area contributed by atoms with E-state index in [1.165, 1.54) is 140 Å². The van der Waals surface area contributed by atoms with Crippen LogP contribution in [-0.4, -0.2) is 0 Å². The fraction of sp³-hybridized carbons (Fsp3) is 0.650. The maximum atomic E-state index is 8.86. The van der Waals surface area contributed by atoms with Gasteiger partial charge in [-0.05, 0) is 110 Å². The lowest BCUT2D eigenvalue weighted by Crippen LogP contribution is -2.13. The Hall–Kier alpha value is -2.58. The van der Waals surface area contributed by atoms with Crippen molar-refractivity contribution in [2.24, 2.45) is 11.8 Å². The van der Waals surface area contributed by atoms with Crippen molar-refractivity contribution in [3.63, 3.8) is 0 Å². The van der Waals surface area contributed by atoms with Crippen molar-refractivity contribution in [2.75, 3.05) is 0 Å². The molecular weight excluding hydrogens is 508 g/mol. The largest absolute Gasteiger partial charge is 0.192 e. The van der Waals surface area contributed by atoms with Crippen molar-refractivity contribution in [1.82, 2.24) is 0 Å². The van der Waals surface area contributed by atoms with E-state index < -0.39 is 0 Å². The van der Waals surface area contributed by atoms with E-state index in [1.54, 1.807) is 0 Å². The fourth-order valence-electron chi connectivity index (χ4n) is 7.30. The van der Waals surface area contributed by atoms with Gasteiger partial charge in [0.15, 0.2) is 0 Å². The zero-order valence-corrected chi connectivity index (χ0v) is 27.0. The second-order valence-electron chi connectivity index (χ2n) is 13.3. The number of unbranched alkanes of at least 4 members (excludes halogenated alkanes) is 8. The van der Waals surface area contributed by atoms with Crippen molar-refractivity contribution < 1.29 is 0 Å². The molecule has 0 amide bonds. The first-order valence-corrected chi connectivity index (χ1v) is 17.7. The Morgan fingerprint density at radius 3 is 1.12 bits per heavy atom. The molecule has 0 aromatic heterocycles. The average molecular weight is 567 g/mol. The molecule has 4 rings (SSSR count). The number of nitriles is 2. The third kappa shape index (κ3) is 12.3. The molecule has 2 aliphatic rings. The second kappa shape index (κ2) is 20.3. The first kappa shape index (κ1) is 33.9. The molecule has 2 saturated carbocycles. The van der Waals surface area contributed by atoms with Gasteiger partial charge in [-0.1, -0.05) is 115 Å². The minimum absolute atomic E-state index is 0.731. The van der Waals surface area contributed by atoms with Gasteiger partial charge in [0, 0.05) is 0 Å². The summed E-state index contributed by atoms with van der Waals surface area (Å²) >= 11 is 0. The minimum atomic E-state index is 0.731. The SMILES string of the molecule is CCCCCCCC1CCC(c2ccc(C#N)cc2)CC1.CCCCCCCC1CCC(c2ccc(C#N)cc2)CC1. The summed E-state index contributed by atoms with van der Waals surface area (Å²) in [6.45, 7) is 4.56. The van der Waals surface area contributed by atoms with Crippen LogP contribution in [0.25, 0.3) is 0 Å². The summed E-state index contributed by atoms with van der Waals surface area (Å²) in [6.07, 6.45) is 28.0. The average Bonchev–Trinajstić information content (AvgIpc) is 3.05. The highest BCUT2D eigenvalue weighted by molar-refractivity contribution is 5.34. The van der Waals surface area contributed by atoms with Crippen LogP contribution in [0.4, 0.5) is 0 Å². The van der Waals surface area contributed by atoms with Gasteiger partial charge in [-0.25, -0.2) is 0 Å². The van der Waals surface area contributed by atoms with Gasteiger partial charge in [0.25, 0.3) is 0 Å². The Balaban J connectivity index is 0.000000230. The molecule has 0 spiro atoms. The normalized spacial score (nSPS) is 21.9. The lowest BCUT2D eigenvalue weighted by atomic mass is 9.77. The van der Waals surface area contributed by atoms with Gasteiger partial charge in [0.05, 0.1) is 23.3 Å². The molecule has 42 heavy (non-hydrogen) atoms. The number of hydrogen-bond donors (Lipinski definition) is 0. The van der Waals surface area contributed by atoms with E-state index in [-0.39, 0.29) is 0 Å². The minimum Gasteiger partial charge on any atom is -0.192 e. The third-order valence-corrected chi connectivity index (χ3v) is 10.1. The molecule has 0 unspecified atom stereocenters. The van der Waals surface area contributed by atoms with Crippen molar-refractivity contribution >= 4 is 0 Å². The monoisotopic (exact) mass is 566 g/mol. The molecule has 0 radical (unpaired) electrons. The van der Waals surface area contributed by atoms with E-state index in [2.05, 4.69) is 50.3 Å². The summed E-state index contributed by atoms with van der Waals surface area (Å²) in [5, 5.41) is 17.7. The van der Waals surface area contributed by atoms with Crippen LogP contribution in [0.15, 0.2) is 48.5 Å². The highest BCUT2D eigenvalue weighted by Crippen LogP contribution is 2.39. The van der Waals surface area contributed by atoms with E-state index in [1.807, 2.05) is 24.3 Å². The summed E-state index contributed by atoms with van der Waals surface area (Å²) in [5.41, 5.74) is 4.44. The van der Waals surface area contributed by atoms with Gasteiger partial charge in [0.1, 0.15) is 0 Å². The number of hydrogen-bond acceptors (Lipinski definition) is 2. The molecule has 2 heteroatoms. The van der Waals surface area contributed by atoms with Crippen molar-refractivity contribution in [3.8, 4) is 12.1 Å². The predicted molar refractivity (Wildman–Crippen MR) is 178 cm³/mol. The Bertz CT molecular complexity index is 951. The molecule has 0 heterocycles. The third-order valence-electron chi connectivity index (χ3n) is 10.1. The van der Waals surface area contributed by atoms with Crippen LogP contribution in [0.1, 0.15) is 176 Å². The summed E-state index contributed by atoms with van der Waals surface area (Å²) in [6, 6.07) is 20.9. The van der Waals surface area contributed by atoms with Gasteiger partial charge in [-0.15, -0.1) is 0 Å². The van der Waals surface area contributed by atoms with Crippen LogP contribution in [-0.2, 0) is 0 Å². The van der Waals surface area contributed by atoms with Crippen LogP contribution >= 0.6 is 0 Å². The number of rotatable bonds is 14. The van der Waals surface area contributed by atoms with E-state index in [4.69, 9.17) is 10.5 Å². The van der Waals surface area contributed by atoms with Crippen LogP contribution in [0.3, 0.4) is 0 Å². The zero-order valence-electron chi connectivity index (χ0n) is 27.0. The lowest BCUT2D eigenvalue weighted by Gasteiger charge is -2.29. The molecule has 228 valence electrons. The van der Waals surface area contributed by atoms with Crippen molar-refractivity contribution in [3.05, 3.63) is 70.8 Å². The molecule has 2 aliphatic carbocycles. The fourth-order valence-corrected chi connectivity index (χ4v) is 7.30. The van der Waals surface area contributed by atoms with Gasteiger partial charge >= 0.3 is 0 Å². The van der Waals surface area contributed by atoms with Crippen LogP contribution in [0, 0.1) is 34.5 Å². The van der Waals surface area contributed by atoms with Crippen LogP contribution in [0.2, 0.25) is 0 Å². The standard InChI is InChI=1S/2C20H29N/c2*1-2-3-4-5-6-7-17-8-12-19(13-9-17)20-14-10-18(16-21)11-15-20/h2*10-11,14-15,17,19H,2-9,12-13H2,1H3. The number of nitrogens with zero attached hydrogens (tertiary/aromatic N) is 2. The first-order valence-electron chi connectivity index (χ1n) is 17.7. The predicted octanol–water partition coefficient (Wildman–Crippen LogP) is 12.4. The maximum absolute atomic E-state index is 8.86. The summed E-state index contributed by atoms with van der Waals surface area (Å²) in [5.74, 6) is 3.41. The topological polar surface area (TPSA) is 47.6 Å². The highest BCUT2D eigenvalue weighted by Gasteiger charge is 2.23. The summed E-state index contributed by atoms with van der Waals surface area (Å²) in [4.78, 5) is 0. The molecule has 2 fully saturated rings. The Kier molecular flexibility index (Phi) is 16.4. The van der Waals surface area contributed by atoms with E-state index >= 15 is 0 Å². The molecule has 0 N–H and O–H groups in total. The summed E-state index contributed by atoms with van der Waals surface area (Å²) in [7, 11) is 0. The van der Waals surface area contributed by atoms with Crippen LogP contribution in [0.5, 0.6) is 0 Å². The summed E-state index contributed by atoms with van der Waals surface area (Å²) < 4.78 is 0. The Morgan fingerprint density at radius 1 is 0.476 bits per heavy atom. The Labute approximate surface area is 258 Å². The quantitative estimate of drug-likeness (QED) is 0.213. The zero-order chi connectivity index (χ0) is 29.8. The molecule has 0 aliphatic heterocycles. The second-order valence-corrected chi connectivity index (χ2v) is 13.3. The van der Waals surface area contributed by atoms with E-state index in [9.17, 15) is 0 Å². The Morgan fingerprint density at radius 2 is 0.810 bits per heavy atom. The molecular formula is C40H58N2. The highest BCUT2D eigenvalue weighted by atomic mass is 14.3. The lowest BCUT2D eigenvalue weighted by molar-refractivity contribution is 0.302. The van der Waals surface area contributed by atoms with Gasteiger partial charge in [0.2, 0.25) is 0 Å². The molecule has 2 aromatic rings. The van der Waals surface area contributed by atoms with Gasteiger partial charge in [-0.3, -0.25) is 0 Å². The molecule has 2 aromatic carbocycles. The smallest absolute Gasteiger partial charge is 0.0991 e. The maximum Gasteiger partial charge on any atom is 0.0991 e. The molecule has 0 saturated heterocycles. The molecule has 0 atom stereocenters. The van der Waals surface area contributed by atoms with Crippen LogP contribution < -0.4 is 0 Å². The number of benzene rings is 2. The van der Waals surface area contributed by atoms with Gasteiger partial charge < -0.3 is 0 Å². The van der Waals surface area contributed by atoms with Crippen molar-refractivity contribution in [2.45, 2.75) is 154 Å². The van der Waals surface area contributed by atoms with E-state index in [0.717, 1.165) is 34.8 Å². The molecule has 2 nitrogen and oxygen atoms in total. The van der Waals surface area contributed by atoms with E-state index in [0.29, 0.717) is 0 Å². The molecule has 0 bridgehead atoms. The van der Waals surface area contributed by atoms with Crippen molar-refractivity contribution in [1.29, 1.82) is 10.5 Å².